The first-order chi connectivity index (χ1) is 12.1. The Balaban J connectivity index is 1.61. The molecule has 0 unspecified atom stereocenters. The minimum Gasteiger partial charge on any atom is -0.326 e. The van der Waals surface area contributed by atoms with Crippen molar-refractivity contribution in [1.82, 2.24) is 9.97 Å². The van der Waals surface area contributed by atoms with Gasteiger partial charge in [-0.25, -0.2) is 0 Å². The number of anilines is 1. The predicted octanol–water partition coefficient (Wildman–Crippen LogP) is 4.21. The smallest absolute Gasteiger partial charge is 0.186 e. The topological polar surface area (TPSA) is 72.0 Å². The number of hydrogen-bond acceptors (Lipinski definition) is 7. The van der Waals surface area contributed by atoms with Crippen LogP contribution in [0.4, 0.5) is 5.69 Å². The Morgan fingerprint density at radius 2 is 1.72 bits per heavy atom. The quantitative estimate of drug-likeness (QED) is 0.515. The molecule has 0 fully saturated rings. The largest absolute Gasteiger partial charge is 0.326 e. The maximum absolute atomic E-state index is 12.0. The molecule has 7 heteroatoms. The molecule has 0 radical (unpaired) electrons. The van der Waals surface area contributed by atoms with Crippen molar-refractivity contribution in [2.45, 2.75) is 11.8 Å². The van der Waals surface area contributed by atoms with E-state index in [1.165, 1.54) is 18.9 Å². The molecular weight excluding hydrogens is 354 g/mol. The maximum Gasteiger partial charge on any atom is 0.186 e. The molecule has 0 aliphatic heterocycles. The molecule has 0 saturated carbocycles. The lowest BCUT2D eigenvalue weighted by Crippen LogP contribution is -2.03. The Bertz CT molecular complexity index is 914. The Kier molecular flexibility index (Phi) is 5.67. The third kappa shape index (κ3) is 4.80. The summed E-state index contributed by atoms with van der Waals surface area (Å²) in [7, 11) is 0. The molecule has 3 rings (SSSR count). The van der Waals surface area contributed by atoms with Crippen LogP contribution >= 0.6 is 23.7 Å². The minimum absolute atomic E-state index is 0.0437. The van der Waals surface area contributed by atoms with Gasteiger partial charge in [0.2, 0.25) is 0 Å². The molecule has 0 amide bonds. The van der Waals surface area contributed by atoms with E-state index < -0.39 is 0 Å². The predicted molar refractivity (Wildman–Crippen MR) is 103 cm³/mol. The summed E-state index contributed by atoms with van der Waals surface area (Å²) in [5.41, 5.74) is 3.22. The minimum atomic E-state index is -0.0511. The number of nitrogens with one attached hydrogen (secondary N) is 1. The van der Waals surface area contributed by atoms with Crippen molar-refractivity contribution in [3.8, 4) is 0 Å². The molecule has 0 aliphatic carbocycles. The van der Waals surface area contributed by atoms with Crippen LogP contribution < -0.4 is 4.72 Å². The van der Waals surface area contributed by atoms with E-state index in [1.807, 2.05) is 30.3 Å². The molecule has 0 saturated heterocycles. The van der Waals surface area contributed by atoms with E-state index in [0.717, 1.165) is 33.4 Å². The second-order valence-electron chi connectivity index (χ2n) is 5.19. The van der Waals surface area contributed by atoms with Crippen LogP contribution in [0.15, 0.2) is 59.8 Å². The van der Waals surface area contributed by atoms with Crippen molar-refractivity contribution in [1.29, 1.82) is 0 Å². The fourth-order valence-corrected chi connectivity index (χ4v) is 3.24. The molecule has 1 heterocycles. The first-order valence-corrected chi connectivity index (χ1v) is 9.32. The number of carbonyl (C=O) groups excluding carboxylic acids is 2. The van der Waals surface area contributed by atoms with E-state index in [0.29, 0.717) is 5.56 Å². The van der Waals surface area contributed by atoms with Gasteiger partial charge in [0.1, 0.15) is 0 Å². The van der Waals surface area contributed by atoms with Gasteiger partial charge in [0.25, 0.3) is 0 Å². The van der Waals surface area contributed by atoms with Crippen molar-refractivity contribution >= 4 is 51.3 Å². The molecule has 1 N–H and O–H groups in total. The highest BCUT2D eigenvalue weighted by molar-refractivity contribution is 8.14. The normalized spacial score (nSPS) is 10.6. The fourth-order valence-electron chi connectivity index (χ4n) is 2.10. The summed E-state index contributed by atoms with van der Waals surface area (Å²) in [5.74, 6) is 0.135. The van der Waals surface area contributed by atoms with E-state index in [2.05, 4.69) is 14.7 Å². The zero-order chi connectivity index (χ0) is 17.6. The number of nitrogens with zero attached hydrogens (tertiary/aromatic N) is 2. The lowest BCUT2D eigenvalue weighted by Gasteiger charge is -2.07. The monoisotopic (exact) mass is 369 g/mol. The van der Waals surface area contributed by atoms with Gasteiger partial charge in [-0.05, 0) is 42.3 Å². The number of hydrogen-bond donors (Lipinski definition) is 1. The molecule has 0 bridgehead atoms. The van der Waals surface area contributed by atoms with Crippen LogP contribution in [0.25, 0.3) is 11.0 Å². The van der Waals surface area contributed by atoms with E-state index in [9.17, 15) is 9.59 Å². The summed E-state index contributed by atoms with van der Waals surface area (Å²) in [4.78, 5) is 32.4. The Labute approximate surface area is 153 Å². The molecule has 2 aromatic carbocycles. The molecule has 126 valence electrons. The van der Waals surface area contributed by atoms with Crippen LogP contribution in [0.2, 0.25) is 0 Å². The molecule has 0 spiro atoms. The third-order valence-corrected chi connectivity index (χ3v) is 5.00. The maximum atomic E-state index is 12.0. The SMILES string of the molecule is CC(=O)SCC(=O)c1ccc(SNc2ccc3nccnc3c2)cc1. The van der Waals surface area contributed by atoms with Gasteiger partial charge in [-0.2, -0.15) is 0 Å². The number of ketones is 1. The average molecular weight is 369 g/mol. The van der Waals surface area contributed by atoms with Gasteiger partial charge < -0.3 is 4.72 Å². The molecule has 3 aromatic rings. The molecule has 1 aromatic heterocycles. The van der Waals surface area contributed by atoms with Gasteiger partial charge in [-0.15, -0.1) is 0 Å². The molecule has 0 atom stereocenters. The standard InChI is InChI=1S/C18H15N3O2S2/c1-12(22)24-11-18(23)13-2-5-15(6-3-13)25-21-14-4-7-16-17(10-14)20-9-8-19-16/h2-10,21H,11H2,1H3. The van der Waals surface area contributed by atoms with Crippen LogP contribution in [0.1, 0.15) is 17.3 Å². The number of Topliss-reactive ketones (excluding diaryl/α,β-unsaturated/α-hetero) is 1. The van der Waals surface area contributed by atoms with Crippen molar-refractivity contribution < 1.29 is 9.59 Å². The van der Waals surface area contributed by atoms with Gasteiger partial charge >= 0.3 is 0 Å². The first kappa shape index (κ1) is 17.4. The lowest BCUT2D eigenvalue weighted by molar-refractivity contribution is -0.109. The molecule has 0 aliphatic rings. The van der Waals surface area contributed by atoms with Gasteiger partial charge in [0.05, 0.1) is 16.8 Å². The van der Waals surface area contributed by atoms with Gasteiger partial charge in [-0.3, -0.25) is 19.6 Å². The number of fused-ring (bicyclic) bond motifs is 1. The fraction of sp³-hybridized carbons (Fsp3) is 0.111. The highest BCUT2D eigenvalue weighted by Gasteiger charge is 2.08. The summed E-state index contributed by atoms with van der Waals surface area (Å²) >= 11 is 2.48. The number of carbonyl (C=O) groups is 2. The van der Waals surface area contributed by atoms with Crippen LogP contribution in [0, 0.1) is 0 Å². The average Bonchev–Trinajstić information content (AvgIpc) is 2.64. The number of rotatable bonds is 6. The third-order valence-electron chi connectivity index (χ3n) is 3.34. The van der Waals surface area contributed by atoms with E-state index in [4.69, 9.17) is 0 Å². The molecule has 5 nitrogen and oxygen atoms in total. The Hall–Kier alpha value is -2.38. The van der Waals surface area contributed by atoms with E-state index >= 15 is 0 Å². The summed E-state index contributed by atoms with van der Waals surface area (Å²) in [6, 6.07) is 13.1. The first-order valence-electron chi connectivity index (χ1n) is 7.52. The van der Waals surface area contributed by atoms with Gasteiger partial charge in [0.15, 0.2) is 10.9 Å². The highest BCUT2D eigenvalue weighted by atomic mass is 32.2. The summed E-state index contributed by atoms with van der Waals surface area (Å²) in [5, 5.41) is -0.0511. The number of benzene rings is 2. The number of aromatic nitrogens is 2. The van der Waals surface area contributed by atoms with Crippen molar-refractivity contribution in [3.63, 3.8) is 0 Å². The molecular formula is C18H15N3O2S2. The Morgan fingerprint density at radius 1 is 1.00 bits per heavy atom. The van der Waals surface area contributed by atoms with Crippen molar-refractivity contribution in [3.05, 3.63) is 60.4 Å². The second kappa shape index (κ2) is 8.13. The van der Waals surface area contributed by atoms with Gasteiger partial charge in [-0.1, -0.05) is 23.9 Å². The zero-order valence-corrected chi connectivity index (χ0v) is 15.1. The Morgan fingerprint density at radius 3 is 2.44 bits per heavy atom. The lowest BCUT2D eigenvalue weighted by atomic mass is 10.1. The van der Waals surface area contributed by atoms with E-state index in [1.54, 1.807) is 24.5 Å². The van der Waals surface area contributed by atoms with Crippen LogP contribution in [-0.4, -0.2) is 26.6 Å². The summed E-state index contributed by atoms with van der Waals surface area (Å²) in [6.07, 6.45) is 3.33. The number of thioether (sulfide) groups is 1. The van der Waals surface area contributed by atoms with Crippen molar-refractivity contribution in [2.75, 3.05) is 10.5 Å². The second-order valence-corrected chi connectivity index (χ2v) is 7.22. The summed E-state index contributed by atoms with van der Waals surface area (Å²) < 4.78 is 3.26. The van der Waals surface area contributed by atoms with Crippen molar-refractivity contribution in [2.24, 2.45) is 0 Å². The van der Waals surface area contributed by atoms with Gasteiger partial charge in [0, 0.05) is 35.5 Å². The highest BCUT2D eigenvalue weighted by Crippen LogP contribution is 2.23. The molecule has 25 heavy (non-hydrogen) atoms. The summed E-state index contributed by atoms with van der Waals surface area (Å²) in [6.45, 7) is 1.46. The van der Waals surface area contributed by atoms with E-state index in [-0.39, 0.29) is 16.7 Å². The van der Waals surface area contributed by atoms with Crippen LogP contribution in [0.3, 0.4) is 0 Å². The zero-order valence-electron chi connectivity index (χ0n) is 13.4. The van der Waals surface area contributed by atoms with Crippen LogP contribution in [0.5, 0.6) is 0 Å². The van der Waals surface area contributed by atoms with Crippen LogP contribution in [-0.2, 0) is 4.79 Å².